The lowest BCUT2D eigenvalue weighted by molar-refractivity contribution is -0.180. The van der Waals surface area contributed by atoms with E-state index in [1.165, 1.54) is 6.07 Å². The monoisotopic (exact) mass is 525 g/mol. The summed E-state index contributed by atoms with van der Waals surface area (Å²) in [5, 5.41) is 0.457. The number of aromatic nitrogens is 2. The summed E-state index contributed by atoms with van der Waals surface area (Å²) in [5.74, 6) is -1.68. The molecule has 1 aromatic heterocycles. The number of hydrogen-bond acceptors (Lipinski definition) is 2. The van der Waals surface area contributed by atoms with E-state index in [0.717, 1.165) is 12.1 Å². The molecule has 3 nitrogen and oxygen atoms in total. The van der Waals surface area contributed by atoms with Gasteiger partial charge >= 0.3 is 12.4 Å². The number of nitrogens with zero attached hydrogens (tertiary/aromatic N) is 2. The third-order valence-corrected chi connectivity index (χ3v) is 6.30. The first-order valence-corrected chi connectivity index (χ1v) is 11.0. The summed E-state index contributed by atoms with van der Waals surface area (Å²) in [6, 6.07) is 9.95. The van der Waals surface area contributed by atoms with Crippen LogP contribution in [0.1, 0.15) is 35.7 Å². The first-order valence-electron chi connectivity index (χ1n) is 10.6. The molecule has 34 heavy (non-hydrogen) atoms. The van der Waals surface area contributed by atoms with Crippen LogP contribution in [0.4, 0.5) is 26.3 Å². The van der Waals surface area contributed by atoms with E-state index in [4.69, 9.17) is 11.6 Å². The van der Waals surface area contributed by atoms with Gasteiger partial charge in [0.15, 0.2) is 0 Å². The fourth-order valence-electron chi connectivity index (χ4n) is 4.42. The number of likely N-dealkylation sites (tertiary alicyclic amines) is 1. The number of alkyl halides is 6. The summed E-state index contributed by atoms with van der Waals surface area (Å²) >= 11 is 5.94. The fourth-order valence-corrected chi connectivity index (χ4v) is 4.59. The van der Waals surface area contributed by atoms with Gasteiger partial charge in [-0.25, -0.2) is 4.98 Å². The highest BCUT2D eigenvalue weighted by molar-refractivity contribution is 6.31. The molecule has 4 rings (SSSR count). The molecule has 0 aliphatic carbocycles. The van der Waals surface area contributed by atoms with Gasteiger partial charge in [-0.15, -0.1) is 12.4 Å². The van der Waals surface area contributed by atoms with Gasteiger partial charge in [0.25, 0.3) is 0 Å². The van der Waals surface area contributed by atoms with E-state index in [9.17, 15) is 26.3 Å². The maximum absolute atomic E-state index is 13.9. The Kier molecular flexibility index (Phi) is 8.10. The van der Waals surface area contributed by atoms with Crippen molar-refractivity contribution in [2.75, 3.05) is 19.6 Å². The highest BCUT2D eigenvalue weighted by atomic mass is 35.5. The van der Waals surface area contributed by atoms with E-state index in [2.05, 4.69) is 9.97 Å². The fraction of sp³-hybridized carbons (Fsp3) is 0.435. The Morgan fingerprint density at radius 1 is 1.09 bits per heavy atom. The second-order valence-electron chi connectivity index (χ2n) is 8.51. The van der Waals surface area contributed by atoms with Crippen LogP contribution < -0.4 is 0 Å². The van der Waals surface area contributed by atoms with Crippen LogP contribution in [0.25, 0.3) is 11.0 Å². The molecule has 1 aliphatic rings. The molecule has 0 radical (unpaired) electrons. The third-order valence-electron chi connectivity index (χ3n) is 6.07. The van der Waals surface area contributed by atoms with Gasteiger partial charge in [0.05, 0.1) is 22.5 Å². The Morgan fingerprint density at radius 3 is 2.56 bits per heavy atom. The normalized spacial score (nSPS) is 18.6. The Balaban J connectivity index is 0.00000324. The van der Waals surface area contributed by atoms with Gasteiger partial charge in [0, 0.05) is 24.5 Å². The Bertz CT molecular complexity index is 1110. The lowest BCUT2D eigenvalue weighted by Crippen LogP contribution is -2.42. The zero-order valence-corrected chi connectivity index (χ0v) is 19.5. The summed E-state index contributed by atoms with van der Waals surface area (Å²) in [7, 11) is 0. The average Bonchev–Trinajstić information content (AvgIpc) is 3.14. The molecule has 2 heterocycles. The highest BCUT2D eigenvalue weighted by Gasteiger charge is 2.42. The average molecular weight is 526 g/mol. The number of imidazole rings is 1. The largest absolute Gasteiger partial charge is 0.416 e. The molecule has 2 atom stereocenters. The van der Waals surface area contributed by atoms with Gasteiger partial charge in [-0.1, -0.05) is 29.8 Å². The molecule has 0 spiro atoms. The van der Waals surface area contributed by atoms with Crippen molar-refractivity contribution in [1.29, 1.82) is 0 Å². The number of fused-ring (bicyclic) bond motifs is 1. The molecule has 1 aliphatic heterocycles. The van der Waals surface area contributed by atoms with Crippen molar-refractivity contribution in [3.8, 4) is 0 Å². The molecule has 2 aromatic carbocycles. The maximum Gasteiger partial charge on any atom is 0.416 e. The number of H-pyrrole nitrogens is 1. The predicted octanol–water partition coefficient (Wildman–Crippen LogP) is 7.26. The molecule has 2 unspecified atom stereocenters. The third kappa shape index (κ3) is 6.37. The maximum atomic E-state index is 13.9. The topological polar surface area (TPSA) is 31.9 Å². The van der Waals surface area contributed by atoms with Gasteiger partial charge < -0.3 is 9.88 Å². The Labute approximate surface area is 203 Å². The molecule has 0 saturated carbocycles. The van der Waals surface area contributed by atoms with Crippen LogP contribution in [0, 0.1) is 5.92 Å². The lowest BCUT2D eigenvalue weighted by Gasteiger charge is -2.35. The molecule has 0 amide bonds. The molecule has 1 fully saturated rings. The van der Waals surface area contributed by atoms with Crippen molar-refractivity contribution in [2.45, 2.75) is 37.5 Å². The summed E-state index contributed by atoms with van der Waals surface area (Å²) in [6.45, 7) is 0.512. The minimum atomic E-state index is -4.46. The van der Waals surface area contributed by atoms with Crippen molar-refractivity contribution in [2.24, 2.45) is 5.92 Å². The number of piperidine rings is 1. The number of benzene rings is 2. The summed E-state index contributed by atoms with van der Waals surface area (Å²) in [6.07, 6.45) is -7.96. The molecule has 186 valence electrons. The molecule has 3 aromatic rings. The SMILES string of the molecule is Cl.FC(F)(F)c1cccc(C2CCCN(CC(Cc3nc4ccc(Cl)cc4[nH]3)C(F)(F)F)C2)c1. The molecular formula is C23H23Cl2F6N3. The zero-order chi connectivity index (χ0) is 23.8. The molecule has 1 saturated heterocycles. The highest BCUT2D eigenvalue weighted by Crippen LogP contribution is 2.35. The van der Waals surface area contributed by atoms with E-state index in [-0.39, 0.29) is 43.7 Å². The van der Waals surface area contributed by atoms with E-state index < -0.39 is 23.8 Å². The van der Waals surface area contributed by atoms with E-state index in [0.29, 0.717) is 41.0 Å². The van der Waals surface area contributed by atoms with Gasteiger partial charge in [-0.2, -0.15) is 26.3 Å². The van der Waals surface area contributed by atoms with Crippen molar-refractivity contribution in [1.82, 2.24) is 14.9 Å². The number of hydrogen-bond donors (Lipinski definition) is 1. The zero-order valence-electron chi connectivity index (χ0n) is 17.9. The number of rotatable bonds is 5. The van der Waals surface area contributed by atoms with Crippen molar-refractivity contribution < 1.29 is 26.3 Å². The Hall–Kier alpha value is -1.97. The molecular weight excluding hydrogens is 503 g/mol. The van der Waals surface area contributed by atoms with Gasteiger partial charge in [0.1, 0.15) is 5.82 Å². The molecule has 0 bridgehead atoms. The first kappa shape index (κ1) is 26.6. The first-order chi connectivity index (χ1) is 15.5. The standard InChI is InChI=1S/C23H22ClF6N3.ClH/c24-18-6-7-19-20(11-18)32-21(31-19)10-17(23(28,29)30)13-33-8-2-4-15(12-33)14-3-1-5-16(9-14)22(25,26)27;/h1,3,5-7,9,11,15,17H,2,4,8,10,12-13H2,(H,31,32);1H. The minimum Gasteiger partial charge on any atom is -0.342 e. The van der Waals surface area contributed by atoms with Crippen LogP contribution in [0.15, 0.2) is 42.5 Å². The summed E-state index contributed by atoms with van der Waals surface area (Å²) in [5.41, 5.74) is 0.876. The van der Waals surface area contributed by atoms with Gasteiger partial charge in [-0.3, -0.25) is 0 Å². The number of halogens is 8. The predicted molar refractivity (Wildman–Crippen MR) is 121 cm³/mol. The number of nitrogens with one attached hydrogen (secondary N) is 1. The summed E-state index contributed by atoms with van der Waals surface area (Å²) < 4.78 is 80.8. The number of aromatic amines is 1. The van der Waals surface area contributed by atoms with Gasteiger partial charge in [0.2, 0.25) is 0 Å². The minimum absolute atomic E-state index is 0. The van der Waals surface area contributed by atoms with Gasteiger partial charge in [-0.05, 0) is 55.1 Å². The van der Waals surface area contributed by atoms with Crippen LogP contribution in [0.5, 0.6) is 0 Å². The molecule has 1 N–H and O–H groups in total. The summed E-state index contributed by atoms with van der Waals surface area (Å²) in [4.78, 5) is 8.87. The Morgan fingerprint density at radius 2 is 1.85 bits per heavy atom. The van der Waals surface area contributed by atoms with E-state index in [1.54, 1.807) is 29.2 Å². The van der Waals surface area contributed by atoms with E-state index in [1.807, 2.05) is 0 Å². The second kappa shape index (κ2) is 10.3. The van der Waals surface area contributed by atoms with Crippen molar-refractivity contribution in [3.05, 3.63) is 64.4 Å². The van der Waals surface area contributed by atoms with Crippen LogP contribution >= 0.6 is 24.0 Å². The lowest BCUT2D eigenvalue weighted by atomic mass is 9.89. The molecule has 11 heteroatoms. The van der Waals surface area contributed by atoms with Crippen LogP contribution in [-0.4, -0.2) is 40.7 Å². The second-order valence-corrected chi connectivity index (χ2v) is 8.95. The van der Waals surface area contributed by atoms with Crippen LogP contribution in [-0.2, 0) is 12.6 Å². The van der Waals surface area contributed by atoms with Crippen molar-refractivity contribution >= 4 is 35.0 Å². The van der Waals surface area contributed by atoms with E-state index >= 15 is 0 Å². The van der Waals surface area contributed by atoms with Crippen LogP contribution in [0.2, 0.25) is 5.02 Å². The smallest absolute Gasteiger partial charge is 0.342 e. The van der Waals surface area contributed by atoms with Crippen LogP contribution in [0.3, 0.4) is 0 Å². The quantitative estimate of drug-likeness (QED) is 0.355. The van der Waals surface area contributed by atoms with Crippen molar-refractivity contribution in [3.63, 3.8) is 0 Å².